The number of amides is 1. The normalized spacial score (nSPS) is 10.1. The molecule has 1 N–H and O–H groups in total. The maximum absolute atomic E-state index is 11.9. The van der Waals surface area contributed by atoms with Crippen LogP contribution in [0.4, 0.5) is 5.69 Å². The number of aryl methyl sites for hydroxylation is 1. The van der Waals surface area contributed by atoms with Crippen LogP contribution in [0.1, 0.15) is 27.6 Å². The Morgan fingerprint density at radius 3 is 2.56 bits per heavy atom. The van der Waals surface area contributed by atoms with Gasteiger partial charge in [-0.05, 0) is 25.1 Å². The fraction of sp³-hybridized carbons (Fsp3) is 0.143. The Labute approximate surface area is 105 Å². The zero-order valence-electron chi connectivity index (χ0n) is 10.3. The minimum Gasteiger partial charge on any atom is -0.356 e. The summed E-state index contributed by atoms with van der Waals surface area (Å²) in [5.74, 6) is -0.206. The minimum atomic E-state index is -0.184. The van der Waals surface area contributed by atoms with E-state index in [2.05, 4.69) is 5.32 Å². The van der Waals surface area contributed by atoms with Crippen molar-refractivity contribution in [2.75, 3.05) is 5.32 Å². The number of rotatable bonds is 3. The molecule has 0 atom stereocenters. The van der Waals surface area contributed by atoms with Crippen LogP contribution in [0.25, 0.3) is 0 Å². The number of nitrogens with zero attached hydrogens (tertiary/aromatic N) is 1. The zero-order chi connectivity index (χ0) is 13.1. The molecule has 4 nitrogen and oxygen atoms in total. The molecule has 4 heteroatoms. The molecule has 0 aliphatic carbocycles. The summed E-state index contributed by atoms with van der Waals surface area (Å²) in [4.78, 5) is 23.1. The van der Waals surface area contributed by atoms with Crippen molar-refractivity contribution in [2.24, 2.45) is 7.05 Å². The number of aromatic nitrogens is 1. The minimum absolute atomic E-state index is 0.0224. The molecule has 0 spiro atoms. The van der Waals surface area contributed by atoms with E-state index in [-0.39, 0.29) is 11.7 Å². The van der Waals surface area contributed by atoms with Gasteiger partial charge >= 0.3 is 0 Å². The summed E-state index contributed by atoms with van der Waals surface area (Å²) in [5, 5.41) is 2.76. The third-order valence-corrected chi connectivity index (χ3v) is 2.62. The monoisotopic (exact) mass is 242 g/mol. The lowest BCUT2D eigenvalue weighted by molar-refractivity contribution is 0.101. The first kappa shape index (κ1) is 12.1. The molecule has 1 aromatic heterocycles. The Bertz CT molecular complexity index is 599. The van der Waals surface area contributed by atoms with Gasteiger partial charge in [-0.15, -0.1) is 0 Å². The summed E-state index contributed by atoms with van der Waals surface area (Å²) in [6, 6.07) is 8.64. The number of carbonyl (C=O) groups is 2. The molecule has 0 unspecified atom stereocenters. The van der Waals surface area contributed by atoms with E-state index in [0.717, 1.165) is 0 Å². The van der Waals surface area contributed by atoms with Crippen molar-refractivity contribution in [3.63, 3.8) is 0 Å². The second-order valence-corrected chi connectivity index (χ2v) is 4.16. The number of hydrogen-bond donors (Lipinski definition) is 1. The Morgan fingerprint density at radius 2 is 1.94 bits per heavy atom. The highest BCUT2D eigenvalue weighted by molar-refractivity contribution is 6.05. The summed E-state index contributed by atoms with van der Waals surface area (Å²) >= 11 is 0. The second-order valence-electron chi connectivity index (χ2n) is 4.16. The molecule has 0 aliphatic heterocycles. The number of ketones is 1. The summed E-state index contributed by atoms with van der Waals surface area (Å²) in [7, 11) is 1.85. The summed E-state index contributed by atoms with van der Waals surface area (Å²) in [5.41, 5.74) is 1.79. The Morgan fingerprint density at radius 1 is 1.17 bits per heavy atom. The Kier molecular flexibility index (Phi) is 3.28. The van der Waals surface area contributed by atoms with Gasteiger partial charge in [0.05, 0.1) is 5.56 Å². The van der Waals surface area contributed by atoms with Crippen LogP contribution < -0.4 is 5.32 Å². The van der Waals surface area contributed by atoms with Gasteiger partial charge in [0, 0.05) is 30.7 Å². The van der Waals surface area contributed by atoms with Crippen LogP contribution >= 0.6 is 0 Å². The van der Waals surface area contributed by atoms with Crippen LogP contribution in [0, 0.1) is 0 Å². The first-order valence-electron chi connectivity index (χ1n) is 5.60. The van der Waals surface area contributed by atoms with Crippen molar-refractivity contribution in [3.8, 4) is 0 Å². The largest absolute Gasteiger partial charge is 0.356 e. The Hall–Kier alpha value is -2.36. The molecule has 0 fully saturated rings. The van der Waals surface area contributed by atoms with Crippen LogP contribution in [0.5, 0.6) is 0 Å². The van der Waals surface area contributed by atoms with E-state index in [1.165, 1.54) is 6.92 Å². The van der Waals surface area contributed by atoms with Gasteiger partial charge < -0.3 is 9.88 Å². The lowest BCUT2D eigenvalue weighted by atomic mass is 10.1. The van der Waals surface area contributed by atoms with Gasteiger partial charge in [0.25, 0.3) is 5.91 Å². The maximum Gasteiger partial charge on any atom is 0.257 e. The first-order chi connectivity index (χ1) is 8.56. The molecular formula is C14H14N2O2. The van der Waals surface area contributed by atoms with E-state index in [1.54, 1.807) is 47.3 Å². The lowest BCUT2D eigenvalue weighted by Crippen LogP contribution is -2.11. The van der Waals surface area contributed by atoms with Crippen LogP contribution in [0.2, 0.25) is 0 Å². The number of anilines is 1. The fourth-order valence-corrected chi connectivity index (χ4v) is 1.66. The molecule has 1 amide bonds. The number of benzene rings is 1. The topological polar surface area (TPSA) is 51.1 Å². The quantitative estimate of drug-likeness (QED) is 0.841. The molecule has 1 heterocycles. The van der Waals surface area contributed by atoms with E-state index in [4.69, 9.17) is 0 Å². The Balaban J connectivity index is 2.16. The number of hydrogen-bond acceptors (Lipinski definition) is 2. The molecule has 18 heavy (non-hydrogen) atoms. The first-order valence-corrected chi connectivity index (χ1v) is 5.60. The number of Topliss-reactive ketones (excluding diaryl/α,β-unsaturated/α-hetero) is 1. The summed E-state index contributed by atoms with van der Waals surface area (Å²) in [6.07, 6.45) is 3.55. The molecule has 0 saturated carbocycles. The van der Waals surface area contributed by atoms with Crippen LogP contribution in [-0.4, -0.2) is 16.3 Å². The van der Waals surface area contributed by atoms with E-state index in [1.807, 2.05) is 7.05 Å². The van der Waals surface area contributed by atoms with Crippen molar-refractivity contribution in [1.82, 2.24) is 4.57 Å². The van der Waals surface area contributed by atoms with Gasteiger partial charge in [-0.2, -0.15) is 0 Å². The van der Waals surface area contributed by atoms with E-state index in [0.29, 0.717) is 16.8 Å². The zero-order valence-corrected chi connectivity index (χ0v) is 10.3. The standard InChI is InChI=1S/C14H14N2O2/c1-10(17)11-4-3-5-13(8-11)15-14(18)12-6-7-16(2)9-12/h3-9H,1-2H3,(H,15,18). The molecule has 2 aromatic rings. The van der Waals surface area contributed by atoms with Crippen molar-refractivity contribution < 1.29 is 9.59 Å². The van der Waals surface area contributed by atoms with Crippen molar-refractivity contribution in [2.45, 2.75) is 6.92 Å². The lowest BCUT2D eigenvalue weighted by Gasteiger charge is -2.05. The summed E-state index contributed by atoms with van der Waals surface area (Å²) in [6.45, 7) is 1.50. The SMILES string of the molecule is CC(=O)c1cccc(NC(=O)c2ccn(C)c2)c1. The predicted octanol–water partition coefficient (Wildman–Crippen LogP) is 2.48. The van der Waals surface area contributed by atoms with Crippen molar-refractivity contribution >= 4 is 17.4 Å². The van der Waals surface area contributed by atoms with E-state index in [9.17, 15) is 9.59 Å². The molecule has 92 valence electrons. The molecule has 0 aliphatic rings. The predicted molar refractivity (Wildman–Crippen MR) is 69.8 cm³/mol. The van der Waals surface area contributed by atoms with Gasteiger partial charge in [0.2, 0.25) is 0 Å². The van der Waals surface area contributed by atoms with Gasteiger partial charge in [-0.3, -0.25) is 9.59 Å². The highest BCUT2D eigenvalue weighted by Crippen LogP contribution is 2.12. The van der Waals surface area contributed by atoms with E-state index < -0.39 is 0 Å². The average Bonchev–Trinajstić information content (AvgIpc) is 2.76. The third kappa shape index (κ3) is 2.66. The maximum atomic E-state index is 11.9. The van der Waals surface area contributed by atoms with Gasteiger partial charge in [0.1, 0.15) is 0 Å². The molecule has 0 saturated heterocycles. The van der Waals surface area contributed by atoms with E-state index >= 15 is 0 Å². The molecule has 2 rings (SSSR count). The number of nitrogens with one attached hydrogen (secondary N) is 1. The van der Waals surface area contributed by atoms with Crippen LogP contribution in [-0.2, 0) is 7.05 Å². The number of carbonyl (C=O) groups excluding carboxylic acids is 2. The molecule has 1 aromatic carbocycles. The molecular weight excluding hydrogens is 228 g/mol. The van der Waals surface area contributed by atoms with Gasteiger partial charge in [-0.1, -0.05) is 12.1 Å². The fourth-order valence-electron chi connectivity index (χ4n) is 1.66. The second kappa shape index (κ2) is 4.87. The summed E-state index contributed by atoms with van der Waals surface area (Å²) < 4.78 is 1.81. The third-order valence-electron chi connectivity index (χ3n) is 2.62. The van der Waals surface area contributed by atoms with Crippen molar-refractivity contribution in [3.05, 3.63) is 53.9 Å². The molecule has 0 bridgehead atoms. The highest BCUT2D eigenvalue weighted by Gasteiger charge is 2.08. The van der Waals surface area contributed by atoms with Gasteiger partial charge in [0.15, 0.2) is 5.78 Å². The van der Waals surface area contributed by atoms with Gasteiger partial charge in [-0.25, -0.2) is 0 Å². The van der Waals surface area contributed by atoms with Crippen LogP contribution in [0.3, 0.4) is 0 Å². The highest BCUT2D eigenvalue weighted by atomic mass is 16.1. The average molecular weight is 242 g/mol. The smallest absolute Gasteiger partial charge is 0.257 e. The van der Waals surface area contributed by atoms with Crippen molar-refractivity contribution in [1.29, 1.82) is 0 Å². The molecule has 0 radical (unpaired) electrons. The van der Waals surface area contributed by atoms with Crippen LogP contribution in [0.15, 0.2) is 42.7 Å².